The maximum Gasteiger partial charge on any atom is 0.320 e. The second-order valence-electron chi connectivity index (χ2n) is 8.25. The molecule has 0 aromatic carbocycles. The maximum absolute atomic E-state index is 12.7. The summed E-state index contributed by atoms with van der Waals surface area (Å²) in [6, 6.07) is 0.525. The predicted molar refractivity (Wildman–Crippen MR) is 110 cm³/mol. The molecule has 0 bridgehead atoms. The van der Waals surface area contributed by atoms with E-state index in [9.17, 15) is 9.90 Å². The predicted octanol–water partition coefficient (Wildman–Crippen LogP) is 1.49. The molecule has 3 aliphatic rings. The molecule has 0 saturated carbocycles. The zero-order valence-corrected chi connectivity index (χ0v) is 18.0. The Kier molecular flexibility index (Phi) is 6.70. The van der Waals surface area contributed by atoms with Crippen LogP contribution in [-0.2, 0) is 21.6 Å². The number of hydrogen-bond acceptors (Lipinski definition) is 7. The number of methoxy groups -OCH3 is 1. The summed E-state index contributed by atoms with van der Waals surface area (Å²) in [6.07, 6.45) is 3.43. The first-order valence-corrected chi connectivity index (χ1v) is 11.5. The first-order valence-electron chi connectivity index (χ1n) is 10.6. The molecule has 3 aliphatic heterocycles. The van der Waals surface area contributed by atoms with Gasteiger partial charge in [0.05, 0.1) is 32.1 Å². The maximum atomic E-state index is 12.7. The van der Waals surface area contributed by atoms with Crippen LogP contribution in [0.4, 0.5) is 4.79 Å². The Morgan fingerprint density at radius 3 is 2.72 bits per heavy atom. The molecular formula is C20H32N4O4S. The van der Waals surface area contributed by atoms with E-state index in [1.54, 1.807) is 18.4 Å². The largest absolute Gasteiger partial charge is 0.383 e. The van der Waals surface area contributed by atoms with E-state index in [1.165, 1.54) is 12.8 Å². The van der Waals surface area contributed by atoms with Gasteiger partial charge in [-0.3, -0.25) is 4.90 Å². The standard InChI is InChI=1S/C20H32N4O4S/c1-27-14-16-3-2-6-24(16)13-18-21-17(15-29-18)20(26)4-7-22(8-5-20)19(25)23-9-11-28-12-10-23/h15-16,26H,2-14H2,1H3/t16-/m1/s1. The quantitative estimate of drug-likeness (QED) is 0.772. The summed E-state index contributed by atoms with van der Waals surface area (Å²) in [4.78, 5) is 23.6. The summed E-state index contributed by atoms with van der Waals surface area (Å²) in [5.41, 5.74) is -0.175. The summed E-state index contributed by atoms with van der Waals surface area (Å²) in [5.74, 6) is 0. The van der Waals surface area contributed by atoms with Gasteiger partial charge in [0.1, 0.15) is 10.6 Å². The number of piperidine rings is 1. The lowest BCUT2D eigenvalue weighted by Crippen LogP contribution is -2.52. The SMILES string of the molecule is COC[C@H]1CCCN1Cc1nc(C2(O)CCN(C(=O)N3CCOCC3)CC2)cs1. The number of amides is 2. The minimum absolute atomic E-state index is 0.0625. The number of carbonyl (C=O) groups excluding carboxylic acids is 1. The Bertz CT molecular complexity index is 686. The van der Waals surface area contributed by atoms with Gasteiger partial charge in [-0.2, -0.15) is 0 Å². The lowest BCUT2D eigenvalue weighted by Gasteiger charge is -2.40. The summed E-state index contributed by atoms with van der Waals surface area (Å²) < 4.78 is 10.7. The van der Waals surface area contributed by atoms with Crippen molar-refractivity contribution in [2.24, 2.45) is 0 Å². The van der Waals surface area contributed by atoms with E-state index >= 15 is 0 Å². The number of aromatic nitrogens is 1. The molecule has 3 fully saturated rings. The van der Waals surface area contributed by atoms with Gasteiger partial charge in [0.15, 0.2) is 0 Å². The average Bonchev–Trinajstić information content (AvgIpc) is 3.40. The van der Waals surface area contributed by atoms with Crippen LogP contribution in [0, 0.1) is 0 Å². The van der Waals surface area contributed by atoms with Crippen molar-refractivity contribution in [1.29, 1.82) is 0 Å². The Morgan fingerprint density at radius 2 is 2.00 bits per heavy atom. The van der Waals surface area contributed by atoms with Gasteiger partial charge >= 0.3 is 6.03 Å². The highest BCUT2D eigenvalue weighted by atomic mass is 32.1. The number of ether oxygens (including phenoxy) is 2. The first kappa shape index (κ1) is 21.0. The first-order chi connectivity index (χ1) is 14.1. The van der Waals surface area contributed by atoms with Crippen molar-refractivity contribution in [3.63, 3.8) is 0 Å². The molecule has 29 heavy (non-hydrogen) atoms. The minimum Gasteiger partial charge on any atom is -0.383 e. The summed E-state index contributed by atoms with van der Waals surface area (Å²) >= 11 is 1.62. The molecule has 3 saturated heterocycles. The molecule has 4 rings (SSSR count). The van der Waals surface area contributed by atoms with Crippen molar-refractivity contribution in [2.75, 3.05) is 59.7 Å². The summed E-state index contributed by atoms with van der Waals surface area (Å²) in [6.45, 7) is 6.27. The van der Waals surface area contributed by atoms with Gasteiger partial charge in [0.2, 0.25) is 0 Å². The Labute approximate surface area is 176 Å². The van der Waals surface area contributed by atoms with Gasteiger partial charge in [-0.1, -0.05) is 0 Å². The number of morpholine rings is 1. The van der Waals surface area contributed by atoms with Crippen LogP contribution in [0.5, 0.6) is 0 Å². The number of likely N-dealkylation sites (tertiary alicyclic amines) is 2. The minimum atomic E-state index is -0.937. The monoisotopic (exact) mass is 424 g/mol. The van der Waals surface area contributed by atoms with Gasteiger partial charge in [-0.05, 0) is 32.2 Å². The van der Waals surface area contributed by atoms with E-state index in [1.807, 2.05) is 15.2 Å². The molecule has 1 aromatic rings. The van der Waals surface area contributed by atoms with Crippen molar-refractivity contribution < 1.29 is 19.4 Å². The number of hydrogen-bond donors (Lipinski definition) is 1. The summed E-state index contributed by atoms with van der Waals surface area (Å²) in [5, 5.41) is 14.2. The van der Waals surface area contributed by atoms with E-state index in [4.69, 9.17) is 14.5 Å². The molecule has 4 heterocycles. The van der Waals surface area contributed by atoms with E-state index in [2.05, 4.69) is 4.90 Å². The molecule has 1 atom stereocenters. The third-order valence-corrected chi connectivity index (χ3v) is 7.20. The van der Waals surface area contributed by atoms with E-state index in [-0.39, 0.29) is 6.03 Å². The highest BCUT2D eigenvalue weighted by Gasteiger charge is 2.38. The number of rotatable bonds is 5. The molecule has 0 spiro atoms. The third kappa shape index (κ3) is 4.74. The van der Waals surface area contributed by atoms with Crippen LogP contribution < -0.4 is 0 Å². The Balaban J connectivity index is 1.33. The molecule has 0 radical (unpaired) electrons. The van der Waals surface area contributed by atoms with Crippen LogP contribution >= 0.6 is 11.3 Å². The third-order valence-electron chi connectivity index (χ3n) is 6.37. The smallest absolute Gasteiger partial charge is 0.320 e. The highest BCUT2D eigenvalue weighted by molar-refractivity contribution is 7.09. The molecule has 162 valence electrons. The van der Waals surface area contributed by atoms with Crippen LogP contribution in [0.25, 0.3) is 0 Å². The fraction of sp³-hybridized carbons (Fsp3) is 0.800. The van der Waals surface area contributed by atoms with Gasteiger partial charge < -0.3 is 24.4 Å². The Morgan fingerprint density at radius 1 is 1.28 bits per heavy atom. The fourth-order valence-electron chi connectivity index (χ4n) is 4.53. The average molecular weight is 425 g/mol. The molecule has 1 N–H and O–H groups in total. The van der Waals surface area contributed by atoms with Crippen molar-refractivity contribution in [1.82, 2.24) is 19.7 Å². The molecule has 8 nitrogen and oxygen atoms in total. The molecule has 0 aliphatic carbocycles. The zero-order chi connectivity index (χ0) is 20.3. The number of thiazole rings is 1. The fourth-order valence-corrected chi connectivity index (χ4v) is 5.45. The molecule has 9 heteroatoms. The number of carbonyl (C=O) groups is 1. The Hall–Kier alpha value is -1.26. The van der Waals surface area contributed by atoms with Crippen LogP contribution in [0.3, 0.4) is 0 Å². The molecule has 2 amide bonds. The molecular weight excluding hydrogens is 392 g/mol. The van der Waals surface area contributed by atoms with E-state index in [0.717, 1.165) is 30.4 Å². The number of urea groups is 1. The van der Waals surface area contributed by atoms with Crippen LogP contribution in [0.1, 0.15) is 36.4 Å². The topological polar surface area (TPSA) is 78.4 Å². The number of aliphatic hydroxyl groups is 1. The van der Waals surface area contributed by atoms with Gasteiger partial charge in [0.25, 0.3) is 0 Å². The summed E-state index contributed by atoms with van der Waals surface area (Å²) in [7, 11) is 1.75. The van der Waals surface area contributed by atoms with Crippen molar-refractivity contribution >= 4 is 17.4 Å². The van der Waals surface area contributed by atoms with Crippen molar-refractivity contribution in [3.05, 3.63) is 16.1 Å². The molecule has 0 unspecified atom stereocenters. The number of nitrogens with zero attached hydrogens (tertiary/aromatic N) is 4. The van der Waals surface area contributed by atoms with Crippen LogP contribution in [0.2, 0.25) is 0 Å². The van der Waals surface area contributed by atoms with Gasteiger partial charge in [0, 0.05) is 44.7 Å². The van der Waals surface area contributed by atoms with Crippen molar-refractivity contribution in [3.8, 4) is 0 Å². The molecule has 1 aromatic heterocycles. The second kappa shape index (κ2) is 9.26. The lowest BCUT2D eigenvalue weighted by molar-refractivity contribution is -0.0266. The van der Waals surface area contributed by atoms with Crippen LogP contribution in [-0.4, -0.2) is 96.5 Å². The highest BCUT2D eigenvalue weighted by Crippen LogP contribution is 2.34. The normalized spacial score (nSPS) is 25.5. The second-order valence-corrected chi connectivity index (χ2v) is 9.19. The lowest BCUT2D eigenvalue weighted by atomic mass is 9.89. The van der Waals surface area contributed by atoms with Crippen LogP contribution in [0.15, 0.2) is 5.38 Å². The van der Waals surface area contributed by atoms with E-state index in [0.29, 0.717) is 58.3 Å². The van der Waals surface area contributed by atoms with Gasteiger partial charge in [-0.25, -0.2) is 9.78 Å². The van der Waals surface area contributed by atoms with Crippen molar-refractivity contribution in [2.45, 2.75) is 43.9 Å². The van der Waals surface area contributed by atoms with E-state index < -0.39 is 5.60 Å². The van der Waals surface area contributed by atoms with Gasteiger partial charge in [-0.15, -0.1) is 11.3 Å². The zero-order valence-electron chi connectivity index (χ0n) is 17.2.